The van der Waals surface area contributed by atoms with E-state index in [1.54, 1.807) is 56.5 Å². The van der Waals surface area contributed by atoms with Crippen LogP contribution in [-0.2, 0) is 4.79 Å². The number of halogens is 1. The van der Waals surface area contributed by atoms with Crippen LogP contribution in [0.25, 0.3) is 27.0 Å². The Bertz CT molecular complexity index is 1610. The molecule has 3 heterocycles. The van der Waals surface area contributed by atoms with Crippen LogP contribution < -0.4 is 15.6 Å². The fraction of sp³-hybridized carbons (Fsp3) is 0.120. The van der Waals surface area contributed by atoms with E-state index in [2.05, 4.69) is 10.5 Å². The van der Waals surface area contributed by atoms with Crippen molar-refractivity contribution in [3.8, 4) is 22.6 Å². The normalized spacial score (nSPS) is 11.1. The molecule has 11 heteroatoms. The van der Waals surface area contributed by atoms with E-state index in [1.807, 2.05) is 17.5 Å². The van der Waals surface area contributed by atoms with Crippen LogP contribution in [0.1, 0.15) is 5.76 Å². The van der Waals surface area contributed by atoms with Crippen LogP contribution in [0.5, 0.6) is 5.75 Å². The molecule has 5 aromatic rings. The van der Waals surface area contributed by atoms with Gasteiger partial charge in [-0.2, -0.15) is 0 Å². The number of aromatic nitrogens is 3. The summed E-state index contributed by atoms with van der Waals surface area (Å²) >= 11 is 8.59. The minimum absolute atomic E-state index is 0.0232. The number of thiophene rings is 1. The Labute approximate surface area is 218 Å². The van der Waals surface area contributed by atoms with Crippen molar-refractivity contribution in [2.75, 3.05) is 18.2 Å². The van der Waals surface area contributed by atoms with Crippen LogP contribution in [0.4, 0.5) is 5.82 Å². The number of hydrogen-bond acceptors (Lipinski definition) is 8. The van der Waals surface area contributed by atoms with Gasteiger partial charge in [-0.25, -0.2) is 4.98 Å². The number of nitrogens with zero attached hydrogens (tertiary/aromatic N) is 3. The molecule has 8 nitrogen and oxygen atoms in total. The maximum Gasteiger partial charge on any atom is 0.268 e. The van der Waals surface area contributed by atoms with Crippen LogP contribution in [0, 0.1) is 6.92 Å². The largest absolute Gasteiger partial charge is 0.497 e. The summed E-state index contributed by atoms with van der Waals surface area (Å²) in [5, 5.41) is 9.89. The fourth-order valence-electron chi connectivity index (χ4n) is 3.60. The summed E-state index contributed by atoms with van der Waals surface area (Å²) in [5.41, 5.74) is 2.03. The van der Waals surface area contributed by atoms with Gasteiger partial charge < -0.3 is 14.6 Å². The van der Waals surface area contributed by atoms with Gasteiger partial charge in [0.15, 0.2) is 11.0 Å². The molecular weight excluding hydrogens is 520 g/mol. The molecule has 3 aromatic heterocycles. The van der Waals surface area contributed by atoms with Crippen LogP contribution >= 0.6 is 34.7 Å². The van der Waals surface area contributed by atoms with Gasteiger partial charge in [0.25, 0.3) is 5.56 Å². The topological polar surface area (TPSA) is 99.2 Å². The first kappa shape index (κ1) is 24.1. The van der Waals surface area contributed by atoms with E-state index in [0.717, 1.165) is 22.9 Å². The molecule has 0 aliphatic rings. The van der Waals surface area contributed by atoms with Crippen LogP contribution in [0.15, 0.2) is 74.5 Å². The van der Waals surface area contributed by atoms with Crippen LogP contribution in [0.2, 0.25) is 5.02 Å². The second-order valence-electron chi connectivity index (χ2n) is 7.73. The van der Waals surface area contributed by atoms with Gasteiger partial charge in [-0.1, -0.05) is 40.7 Å². The number of rotatable bonds is 7. The molecule has 0 fully saturated rings. The van der Waals surface area contributed by atoms with Crippen molar-refractivity contribution in [3.05, 3.63) is 81.1 Å². The maximum atomic E-state index is 13.9. The van der Waals surface area contributed by atoms with Crippen molar-refractivity contribution >= 4 is 56.6 Å². The lowest BCUT2D eigenvalue weighted by Crippen LogP contribution is -2.22. The number of nitrogens with one attached hydrogen (secondary N) is 1. The number of fused-ring (bicyclic) bond motifs is 1. The molecule has 1 amide bonds. The van der Waals surface area contributed by atoms with E-state index in [9.17, 15) is 9.59 Å². The highest BCUT2D eigenvalue weighted by atomic mass is 35.5. The molecule has 182 valence electrons. The Hall–Kier alpha value is -3.60. The van der Waals surface area contributed by atoms with E-state index in [4.69, 9.17) is 25.8 Å². The van der Waals surface area contributed by atoms with Crippen molar-refractivity contribution in [1.29, 1.82) is 0 Å². The number of carbonyl (C=O) groups excluding carboxylic acids is 1. The van der Waals surface area contributed by atoms with Crippen molar-refractivity contribution in [3.63, 3.8) is 0 Å². The molecule has 0 atom stereocenters. The number of amides is 1. The minimum atomic E-state index is -0.294. The lowest BCUT2D eigenvalue weighted by molar-refractivity contribution is -0.113. The molecular formula is C25H19ClN4O4S2. The molecule has 5 rings (SSSR count). The summed E-state index contributed by atoms with van der Waals surface area (Å²) < 4.78 is 11.8. The number of thioether (sulfide) groups is 1. The average Bonchev–Trinajstić information content (AvgIpc) is 3.49. The first-order valence-electron chi connectivity index (χ1n) is 10.7. The number of hydrogen-bond donors (Lipinski definition) is 1. The zero-order chi connectivity index (χ0) is 25.2. The summed E-state index contributed by atoms with van der Waals surface area (Å²) in [6.07, 6.45) is 0. The highest BCUT2D eigenvalue weighted by Crippen LogP contribution is 2.33. The average molecular weight is 539 g/mol. The Morgan fingerprint density at radius 1 is 1.19 bits per heavy atom. The van der Waals surface area contributed by atoms with E-state index >= 15 is 0 Å². The second-order valence-corrected chi connectivity index (χ2v) is 9.97. The molecule has 2 aromatic carbocycles. The lowest BCUT2D eigenvalue weighted by Gasteiger charge is -2.13. The van der Waals surface area contributed by atoms with Crippen molar-refractivity contribution in [2.45, 2.75) is 12.1 Å². The van der Waals surface area contributed by atoms with Crippen LogP contribution in [-0.4, -0.2) is 33.5 Å². The van der Waals surface area contributed by atoms with E-state index in [1.165, 1.54) is 15.9 Å². The zero-order valence-electron chi connectivity index (χ0n) is 19.1. The van der Waals surface area contributed by atoms with Gasteiger partial charge in [0.05, 0.1) is 23.9 Å². The summed E-state index contributed by atoms with van der Waals surface area (Å²) in [5.74, 6) is 1.31. The number of methoxy groups -OCH3 is 1. The Kier molecular flexibility index (Phi) is 6.82. The number of ether oxygens (including phenoxy) is 1. The smallest absolute Gasteiger partial charge is 0.268 e. The molecule has 0 aliphatic carbocycles. The van der Waals surface area contributed by atoms with E-state index < -0.39 is 0 Å². The lowest BCUT2D eigenvalue weighted by atomic mass is 10.1. The molecule has 36 heavy (non-hydrogen) atoms. The van der Waals surface area contributed by atoms with Crippen molar-refractivity contribution < 1.29 is 14.1 Å². The number of benzene rings is 2. The Balaban J connectivity index is 1.56. The molecule has 0 aliphatic heterocycles. The Morgan fingerprint density at radius 3 is 2.61 bits per heavy atom. The molecule has 0 bridgehead atoms. The van der Waals surface area contributed by atoms with E-state index in [-0.39, 0.29) is 17.2 Å². The van der Waals surface area contributed by atoms with E-state index in [0.29, 0.717) is 43.4 Å². The standard InChI is InChI=1S/C25H19ClN4O4S2/c1-14-11-20(29-34-14)27-21(31)13-36-25-28-23-22(19(12-35-23)15-3-5-16(26)6-4-15)24(32)30(25)17-7-9-18(33-2)10-8-17/h3-12H,13H2,1-2H3,(H,27,29,31). The van der Waals surface area contributed by atoms with Gasteiger partial charge in [-0.15, -0.1) is 11.3 Å². The quantitative estimate of drug-likeness (QED) is 0.206. The predicted octanol–water partition coefficient (Wildman–Crippen LogP) is 5.80. The molecule has 0 spiro atoms. The summed E-state index contributed by atoms with van der Waals surface area (Å²) in [6.45, 7) is 1.74. The molecule has 1 N–H and O–H groups in total. The fourth-order valence-corrected chi connectivity index (χ4v) is 5.53. The third-order valence-corrected chi connectivity index (χ3v) is 7.35. The third kappa shape index (κ3) is 4.88. The molecule has 0 radical (unpaired) electrons. The zero-order valence-corrected chi connectivity index (χ0v) is 21.5. The summed E-state index contributed by atoms with van der Waals surface area (Å²) in [6, 6.07) is 16.1. The predicted molar refractivity (Wildman–Crippen MR) is 143 cm³/mol. The SMILES string of the molecule is COc1ccc(-n2c(SCC(=O)Nc3cc(C)on3)nc3scc(-c4ccc(Cl)cc4)c3c2=O)cc1. The summed E-state index contributed by atoms with van der Waals surface area (Å²) in [7, 11) is 1.58. The molecule has 0 saturated heterocycles. The van der Waals surface area contributed by atoms with Crippen LogP contribution in [0.3, 0.4) is 0 Å². The van der Waals surface area contributed by atoms with Crippen molar-refractivity contribution in [1.82, 2.24) is 14.7 Å². The Morgan fingerprint density at radius 2 is 1.94 bits per heavy atom. The number of carbonyl (C=O) groups is 1. The van der Waals surface area contributed by atoms with Gasteiger partial charge in [0, 0.05) is 22.0 Å². The third-order valence-electron chi connectivity index (χ3n) is 5.29. The van der Waals surface area contributed by atoms with Gasteiger partial charge >= 0.3 is 0 Å². The molecule has 0 unspecified atom stereocenters. The van der Waals surface area contributed by atoms with Gasteiger partial charge in [-0.3, -0.25) is 14.2 Å². The van der Waals surface area contributed by atoms with Gasteiger partial charge in [0.1, 0.15) is 16.3 Å². The molecule has 0 saturated carbocycles. The number of aryl methyl sites for hydroxylation is 1. The van der Waals surface area contributed by atoms with Crippen molar-refractivity contribution in [2.24, 2.45) is 0 Å². The first-order valence-corrected chi connectivity index (χ1v) is 13.0. The first-order chi connectivity index (χ1) is 17.4. The number of anilines is 1. The highest BCUT2D eigenvalue weighted by Gasteiger charge is 2.20. The maximum absolute atomic E-state index is 13.9. The van der Waals surface area contributed by atoms with Gasteiger partial charge in [0.2, 0.25) is 5.91 Å². The minimum Gasteiger partial charge on any atom is -0.497 e. The van der Waals surface area contributed by atoms with Gasteiger partial charge in [-0.05, 0) is 48.9 Å². The second kappa shape index (κ2) is 10.2. The summed E-state index contributed by atoms with van der Waals surface area (Å²) in [4.78, 5) is 31.8. The monoisotopic (exact) mass is 538 g/mol. The highest BCUT2D eigenvalue weighted by molar-refractivity contribution is 7.99.